The minimum Gasteiger partial charge on any atom is -0.391 e. The number of β-amino-alcohol motifs (C(OH)–C–C–N with tert-alkyl or cyclic N) is 1. The summed E-state index contributed by atoms with van der Waals surface area (Å²) in [7, 11) is 0. The van der Waals surface area contributed by atoms with Gasteiger partial charge in [-0.1, -0.05) is 13.8 Å². The molecule has 8 heteroatoms. The van der Waals surface area contributed by atoms with Gasteiger partial charge in [0.1, 0.15) is 11.6 Å². The monoisotopic (exact) mass is 395 g/mol. The number of rotatable bonds is 7. The van der Waals surface area contributed by atoms with Crippen LogP contribution in [0.2, 0.25) is 0 Å². The number of hydrogen-bond donors (Lipinski definition) is 4. The third-order valence-electron chi connectivity index (χ3n) is 5.48. The Labute approximate surface area is 170 Å². The van der Waals surface area contributed by atoms with E-state index in [4.69, 9.17) is 4.98 Å². The molecule has 0 aromatic carbocycles. The van der Waals surface area contributed by atoms with Gasteiger partial charge in [0.25, 0.3) is 0 Å². The van der Waals surface area contributed by atoms with E-state index in [0.29, 0.717) is 25.6 Å². The smallest absolute Gasteiger partial charge is 0.163 e. The number of nitrogens with one attached hydrogen (secondary N) is 3. The first kappa shape index (κ1) is 19.6. The SMILES string of the molecule is CC(C)c1cnn2c(NCc3ccncc3)cc(NCC3CCNCC3O)nc12. The molecule has 0 amide bonds. The minimum atomic E-state index is -0.328. The summed E-state index contributed by atoms with van der Waals surface area (Å²) in [4.78, 5) is 8.90. The van der Waals surface area contributed by atoms with Gasteiger partial charge in [-0.3, -0.25) is 4.98 Å². The van der Waals surface area contributed by atoms with Gasteiger partial charge in [-0.05, 0) is 36.6 Å². The van der Waals surface area contributed by atoms with Crippen molar-refractivity contribution in [1.82, 2.24) is 24.9 Å². The molecule has 2 unspecified atom stereocenters. The second kappa shape index (κ2) is 8.75. The van der Waals surface area contributed by atoms with Gasteiger partial charge in [-0.2, -0.15) is 9.61 Å². The number of aromatic nitrogens is 4. The van der Waals surface area contributed by atoms with Crippen molar-refractivity contribution in [1.29, 1.82) is 0 Å². The van der Waals surface area contributed by atoms with E-state index in [1.54, 1.807) is 12.4 Å². The molecule has 2 atom stereocenters. The molecule has 29 heavy (non-hydrogen) atoms. The van der Waals surface area contributed by atoms with Gasteiger partial charge in [0.05, 0.1) is 12.3 Å². The van der Waals surface area contributed by atoms with Crippen molar-refractivity contribution in [3.05, 3.63) is 47.9 Å². The van der Waals surface area contributed by atoms with Crippen LogP contribution in [0.25, 0.3) is 5.65 Å². The highest BCUT2D eigenvalue weighted by atomic mass is 16.3. The van der Waals surface area contributed by atoms with Crippen LogP contribution in [-0.4, -0.2) is 50.4 Å². The largest absolute Gasteiger partial charge is 0.391 e. The van der Waals surface area contributed by atoms with Crippen molar-refractivity contribution < 1.29 is 5.11 Å². The summed E-state index contributed by atoms with van der Waals surface area (Å²) < 4.78 is 1.86. The van der Waals surface area contributed by atoms with Crippen LogP contribution in [0.4, 0.5) is 11.6 Å². The Balaban J connectivity index is 1.58. The average molecular weight is 396 g/mol. The van der Waals surface area contributed by atoms with Gasteiger partial charge >= 0.3 is 0 Å². The van der Waals surface area contributed by atoms with Gasteiger partial charge in [0.2, 0.25) is 0 Å². The van der Waals surface area contributed by atoms with E-state index in [1.165, 1.54) is 0 Å². The number of aliphatic hydroxyl groups is 1. The molecule has 1 aliphatic rings. The fourth-order valence-corrected chi connectivity index (χ4v) is 3.67. The molecule has 3 aromatic rings. The summed E-state index contributed by atoms with van der Waals surface area (Å²) in [5.74, 6) is 2.22. The Morgan fingerprint density at radius 1 is 1.28 bits per heavy atom. The molecule has 4 rings (SSSR count). The zero-order chi connectivity index (χ0) is 20.2. The van der Waals surface area contributed by atoms with Crippen LogP contribution in [0.1, 0.15) is 37.3 Å². The number of hydrogen-bond acceptors (Lipinski definition) is 7. The number of pyridine rings is 1. The number of fused-ring (bicyclic) bond motifs is 1. The number of anilines is 2. The average Bonchev–Trinajstić information content (AvgIpc) is 3.16. The van der Waals surface area contributed by atoms with E-state index in [2.05, 4.69) is 39.9 Å². The van der Waals surface area contributed by atoms with Crippen LogP contribution in [-0.2, 0) is 6.54 Å². The molecule has 1 aliphatic heterocycles. The molecule has 0 bridgehead atoms. The summed E-state index contributed by atoms with van der Waals surface area (Å²) >= 11 is 0. The molecule has 0 aliphatic carbocycles. The van der Waals surface area contributed by atoms with Crippen LogP contribution >= 0.6 is 0 Å². The predicted molar refractivity (Wildman–Crippen MR) is 114 cm³/mol. The molecule has 4 N–H and O–H groups in total. The Kier molecular flexibility index (Phi) is 5.92. The van der Waals surface area contributed by atoms with Crippen LogP contribution < -0.4 is 16.0 Å². The maximum Gasteiger partial charge on any atom is 0.163 e. The summed E-state index contributed by atoms with van der Waals surface area (Å²) in [6, 6.07) is 5.97. The van der Waals surface area contributed by atoms with E-state index in [1.807, 2.05) is 28.9 Å². The van der Waals surface area contributed by atoms with E-state index in [0.717, 1.165) is 41.4 Å². The predicted octanol–water partition coefficient (Wildman–Crippen LogP) is 2.24. The summed E-state index contributed by atoms with van der Waals surface area (Å²) in [5, 5.41) is 24.9. The molecule has 8 nitrogen and oxygen atoms in total. The molecule has 1 saturated heterocycles. The van der Waals surface area contributed by atoms with Crippen molar-refractivity contribution in [2.45, 2.75) is 38.8 Å². The summed E-state index contributed by atoms with van der Waals surface area (Å²) in [6.45, 7) is 7.25. The maximum absolute atomic E-state index is 10.2. The molecule has 4 heterocycles. The first-order valence-electron chi connectivity index (χ1n) is 10.3. The van der Waals surface area contributed by atoms with E-state index >= 15 is 0 Å². The third-order valence-corrected chi connectivity index (χ3v) is 5.48. The molecule has 0 saturated carbocycles. The van der Waals surface area contributed by atoms with Crippen molar-refractivity contribution in [3.8, 4) is 0 Å². The summed E-state index contributed by atoms with van der Waals surface area (Å²) in [5.41, 5.74) is 3.11. The number of aliphatic hydroxyl groups excluding tert-OH is 1. The zero-order valence-electron chi connectivity index (χ0n) is 17.0. The number of piperidine rings is 1. The first-order chi connectivity index (χ1) is 14.1. The molecule has 0 radical (unpaired) electrons. The van der Waals surface area contributed by atoms with Crippen molar-refractivity contribution in [3.63, 3.8) is 0 Å². The quantitative estimate of drug-likeness (QED) is 0.487. The maximum atomic E-state index is 10.2. The molecule has 1 fully saturated rings. The molecule has 154 valence electrons. The van der Waals surface area contributed by atoms with Crippen molar-refractivity contribution in [2.75, 3.05) is 30.3 Å². The second-order valence-corrected chi connectivity index (χ2v) is 7.93. The molecule has 0 spiro atoms. The lowest BCUT2D eigenvalue weighted by atomic mass is 9.95. The van der Waals surface area contributed by atoms with Crippen LogP contribution in [0, 0.1) is 5.92 Å². The Morgan fingerprint density at radius 2 is 2.10 bits per heavy atom. The van der Waals surface area contributed by atoms with E-state index in [-0.39, 0.29) is 12.0 Å². The number of nitrogens with zero attached hydrogens (tertiary/aromatic N) is 4. The highest BCUT2D eigenvalue weighted by Crippen LogP contribution is 2.25. The Morgan fingerprint density at radius 3 is 2.86 bits per heavy atom. The topological polar surface area (TPSA) is 99.4 Å². The standard InChI is InChI=1S/C21H29N7O/c1-14(2)17-12-26-28-20(25-10-15-3-6-22-7-4-15)9-19(27-21(17)28)24-11-16-5-8-23-13-18(16)29/h3-4,6-7,9,12,14,16,18,23,25,29H,5,8,10-11,13H2,1-2H3,(H,24,27). The zero-order valence-corrected chi connectivity index (χ0v) is 17.0. The normalized spacial score (nSPS) is 19.6. The third kappa shape index (κ3) is 4.49. The van der Waals surface area contributed by atoms with Crippen LogP contribution in [0.3, 0.4) is 0 Å². The fraction of sp³-hybridized carbons (Fsp3) is 0.476. The van der Waals surface area contributed by atoms with Gasteiger partial charge in [0, 0.05) is 49.6 Å². The molecule has 3 aromatic heterocycles. The van der Waals surface area contributed by atoms with Gasteiger partial charge in [-0.15, -0.1) is 0 Å². The van der Waals surface area contributed by atoms with Crippen LogP contribution in [0.15, 0.2) is 36.8 Å². The summed E-state index contributed by atoms with van der Waals surface area (Å²) in [6.07, 6.45) is 6.10. The van der Waals surface area contributed by atoms with Crippen molar-refractivity contribution in [2.24, 2.45) is 5.92 Å². The lowest BCUT2D eigenvalue weighted by Gasteiger charge is -2.28. The molecular weight excluding hydrogens is 366 g/mol. The second-order valence-electron chi connectivity index (χ2n) is 7.93. The fourth-order valence-electron chi connectivity index (χ4n) is 3.67. The van der Waals surface area contributed by atoms with Gasteiger partial charge < -0.3 is 21.1 Å². The Bertz CT molecular complexity index is 941. The van der Waals surface area contributed by atoms with Gasteiger partial charge in [0.15, 0.2) is 5.65 Å². The minimum absolute atomic E-state index is 0.219. The first-order valence-corrected chi connectivity index (χ1v) is 10.3. The molecular formula is C21H29N7O. The Hall–Kier alpha value is -2.71. The van der Waals surface area contributed by atoms with E-state index in [9.17, 15) is 5.11 Å². The highest BCUT2D eigenvalue weighted by molar-refractivity contribution is 5.61. The van der Waals surface area contributed by atoms with Gasteiger partial charge in [-0.25, -0.2) is 4.98 Å². The lowest BCUT2D eigenvalue weighted by molar-refractivity contribution is 0.0883. The van der Waals surface area contributed by atoms with Crippen LogP contribution in [0.5, 0.6) is 0 Å². The van der Waals surface area contributed by atoms with Crippen molar-refractivity contribution >= 4 is 17.3 Å². The highest BCUT2D eigenvalue weighted by Gasteiger charge is 2.23. The van der Waals surface area contributed by atoms with E-state index < -0.39 is 0 Å². The lowest BCUT2D eigenvalue weighted by Crippen LogP contribution is -2.43.